The molecule has 0 N–H and O–H groups in total. The van der Waals surface area contributed by atoms with Gasteiger partial charge in [0.25, 0.3) is 0 Å². The summed E-state index contributed by atoms with van der Waals surface area (Å²) in [7, 11) is 2.79. The molecule has 3 aromatic rings. The summed E-state index contributed by atoms with van der Waals surface area (Å²) in [6.07, 6.45) is 11.7. The van der Waals surface area contributed by atoms with Gasteiger partial charge in [-0.3, -0.25) is 0 Å². The molecule has 6 heteroatoms. The number of unbranched alkanes of at least 4 members (excludes halogenated alkanes) is 6. The molecular weight excluding hydrogens is 488 g/mol. The van der Waals surface area contributed by atoms with E-state index in [0.29, 0.717) is 22.3 Å². The molecule has 3 rings (SSSR count). The van der Waals surface area contributed by atoms with Crippen LogP contribution in [0.3, 0.4) is 0 Å². The molecule has 4 nitrogen and oxygen atoms in total. The molecule has 0 atom stereocenters. The van der Waals surface area contributed by atoms with Crippen LogP contribution in [-0.4, -0.2) is 26.2 Å². The van der Waals surface area contributed by atoms with Crippen LogP contribution in [-0.2, 0) is 22.3 Å². The third kappa shape index (κ3) is 7.30. The second kappa shape index (κ2) is 14.3. The molecule has 0 saturated heterocycles. The van der Waals surface area contributed by atoms with E-state index < -0.39 is 11.9 Å². The van der Waals surface area contributed by atoms with Gasteiger partial charge in [0.05, 0.1) is 25.3 Å². The molecule has 0 bridgehead atoms. The van der Waals surface area contributed by atoms with Crippen molar-refractivity contribution in [3.8, 4) is 20.9 Å². The number of rotatable bonds is 14. The van der Waals surface area contributed by atoms with Crippen molar-refractivity contribution in [1.29, 1.82) is 0 Å². The molecule has 0 amide bonds. The minimum Gasteiger partial charge on any atom is -0.465 e. The van der Waals surface area contributed by atoms with Gasteiger partial charge >= 0.3 is 11.9 Å². The van der Waals surface area contributed by atoms with E-state index in [4.69, 9.17) is 9.47 Å². The number of carbonyl (C=O) groups is 2. The van der Waals surface area contributed by atoms with Crippen molar-refractivity contribution in [2.45, 2.75) is 78.1 Å². The zero-order valence-electron chi connectivity index (χ0n) is 22.0. The summed E-state index contributed by atoms with van der Waals surface area (Å²) >= 11 is 3.20. The minimum atomic E-state index is -0.406. The van der Waals surface area contributed by atoms with Crippen molar-refractivity contribution in [2.24, 2.45) is 0 Å². The fraction of sp³-hybridized carbons (Fsp3) is 0.467. The Labute approximate surface area is 223 Å². The minimum absolute atomic E-state index is 0.406. The van der Waals surface area contributed by atoms with Crippen molar-refractivity contribution in [1.82, 2.24) is 0 Å². The molecule has 0 radical (unpaired) electrons. The van der Waals surface area contributed by atoms with Gasteiger partial charge in [0.1, 0.15) is 0 Å². The van der Waals surface area contributed by atoms with Crippen molar-refractivity contribution in [3.63, 3.8) is 0 Å². The highest BCUT2D eigenvalue weighted by Gasteiger charge is 2.23. The predicted octanol–water partition coefficient (Wildman–Crippen LogP) is 8.96. The summed E-state index contributed by atoms with van der Waals surface area (Å²) in [5, 5.41) is 4.30. The summed E-state index contributed by atoms with van der Waals surface area (Å²) in [6.45, 7) is 4.42. The fourth-order valence-corrected chi connectivity index (χ4v) is 6.33. The number of hydrogen-bond acceptors (Lipinski definition) is 6. The topological polar surface area (TPSA) is 52.6 Å². The zero-order chi connectivity index (χ0) is 25.9. The van der Waals surface area contributed by atoms with Gasteiger partial charge in [-0.2, -0.15) is 0 Å². The highest BCUT2D eigenvalue weighted by atomic mass is 32.1. The van der Waals surface area contributed by atoms with Gasteiger partial charge in [-0.25, -0.2) is 9.59 Å². The third-order valence-corrected chi connectivity index (χ3v) is 8.47. The quantitative estimate of drug-likeness (QED) is 0.155. The van der Waals surface area contributed by atoms with Crippen LogP contribution < -0.4 is 0 Å². The van der Waals surface area contributed by atoms with Gasteiger partial charge in [0.2, 0.25) is 0 Å². The summed E-state index contributed by atoms with van der Waals surface area (Å²) in [5.41, 5.74) is 4.89. The number of thiophene rings is 2. The van der Waals surface area contributed by atoms with Crippen molar-refractivity contribution in [3.05, 3.63) is 57.3 Å². The Bertz CT molecular complexity index is 1050. The van der Waals surface area contributed by atoms with Crippen molar-refractivity contribution >= 4 is 34.6 Å². The van der Waals surface area contributed by atoms with Crippen LogP contribution in [0.25, 0.3) is 20.9 Å². The first-order chi connectivity index (χ1) is 17.5. The molecule has 2 heterocycles. The molecule has 1 aromatic carbocycles. The molecule has 194 valence electrons. The summed E-state index contributed by atoms with van der Waals surface area (Å²) in [6, 6.07) is 7.89. The van der Waals surface area contributed by atoms with Crippen LogP contribution in [0.5, 0.6) is 0 Å². The second-order valence-corrected chi connectivity index (χ2v) is 11.0. The molecule has 0 aliphatic carbocycles. The number of ether oxygens (including phenoxy) is 2. The standard InChI is InChI=1S/C30H38O4S2/c1-5-7-9-11-13-21-15-27(35-19-21)23-17-26(30(32)34-4)24(18-25(23)29(31)33-3)28-16-22(20-36-28)14-12-10-8-6-2/h15-20H,5-14H2,1-4H3. The fourth-order valence-electron chi connectivity index (χ4n) is 4.37. The molecule has 0 saturated carbocycles. The van der Waals surface area contributed by atoms with E-state index in [0.717, 1.165) is 35.4 Å². The van der Waals surface area contributed by atoms with Gasteiger partial charge in [0.15, 0.2) is 0 Å². The average Bonchev–Trinajstić information content (AvgIpc) is 3.57. The number of hydrogen-bond donors (Lipinski definition) is 0. The van der Waals surface area contributed by atoms with Crippen LogP contribution in [0.1, 0.15) is 97.1 Å². The lowest BCUT2D eigenvalue weighted by Crippen LogP contribution is -2.09. The lowest BCUT2D eigenvalue weighted by atomic mass is 9.95. The van der Waals surface area contributed by atoms with Crippen molar-refractivity contribution < 1.29 is 19.1 Å². The number of methoxy groups -OCH3 is 2. The molecule has 0 aliphatic heterocycles. The smallest absolute Gasteiger partial charge is 0.338 e. The van der Waals surface area contributed by atoms with Gasteiger partial charge < -0.3 is 9.47 Å². The number of aryl methyl sites for hydroxylation is 2. The van der Waals surface area contributed by atoms with Gasteiger partial charge in [-0.1, -0.05) is 52.4 Å². The Balaban J connectivity index is 1.98. The van der Waals surface area contributed by atoms with Gasteiger partial charge in [0, 0.05) is 20.9 Å². The van der Waals surface area contributed by atoms with Gasteiger partial charge in [-0.15, -0.1) is 22.7 Å². The molecule has 36 heavy (non-hydrogen) atoms. The number of benzene rings is 1. The zero-order valence-corrected chi connectivity index (χ0v) is 23.6. The van der Waals surface area contributed by atoms with Crippen LogP contribution in [0.2, 0.25) is 0 Å². The Hall–Kier alpha value is -2.44. The molecular formula is C30H38O4S2. The van der Waals surface area contributed by atoms with Crippen molar-refractivity contribution in [2.75, 3.05) is 14.2 Å². The van der Waals surface area contributed by atoms with E-state index in [-0.39, 0.29) is 0 Å². The molecule has 0 aliphatic rings. The second-order valence-electron chi connectivity index (χ2n) is 9.19. The Morgan fingerprint density at radius 3 is 1.42 bits per heavy atom. The number of carbonyl (C=O) groups excluding carboxylic acids is 2. The molecule has 0 unspecified atom stereocenters. The molecule has 0 spiro atoms. The SMILES string of the molecule is CCCCCCc1csc(-c2cc(C(=O)OC)c(-c3cc(CCCCCC)cs3)cc2C(=O)OC)c1. The summed E-state index contributed by atoms with van der Waals surface area (Å²) < 4.78 is 10.3. The molecule has 0 fully saturated rings. The van der Waals surface area contributed by atoms with E-state index >= 15 is 0 Å². The van der Waals surface area contributed by atoms with E-state index in [2.05, 4.69) is 36.7 Å². The lowest BCUT2D eigenvalue weighted by Gasteiger charge is -2.13. The summed E-state index contributed by atoms with van der Waals surface area (Å²) in [4.78, 5) is 27.7. The molecule has 2 aromatic heterocycles. The third-order valence-electron chi connectivity index (χ3n) is 6.44. The Kier molecular flexibility index (Phi) is 11.2. The van der Waals surface area contributed by atoms with E-state index in [1.54, 1.807) is 34.8 Å². The average molecular weight is 527 g/mol. The van der Waals surface area contributed by atoms with Crippen LogP contribution in [0.15, 0.2) is 35.0 Å². The normalized spacial score (nSPS) is 11.0. The maximum absolute atomic E-state index is 12.9. The maximum Gasteiger partial charge on any atom is 0.338 e. The van der Waals surface area contributed by atoms with Crippen LogP contribution in [0.4, 0.5) is 0 Å². The van der Waals surface area contributed by atoms with Crippen LogP contribution in [0, 0.1) is 0 Å². The van der Waals surface area contributed by atoms with E-state index in [1.807, 2.05) is 0 Å². The highest BCUT2D eigenvalue weighted by Crippen LogP contribution is 2.38. The Morgan fingerprint density at radius 1 is 0.639 bits per heavy atom. The monoisotopic (exact) mass is 526 g/mol. The van der Waals surface area contributed by atoms with E-state index in [9.17, 15) is 9.59 Å². The number of esters is 2. The van der Waals surface area contributed by atoms with E-state index in [1.165, 1.54) is 63.9 Å². The summed E-state index contributed by atoms with van der Waals surface area (Å²) in [5.74, 6) is -0.811. The maximum atomic E-state index is 12.9. The highest BCUT2D eigenvalue weighted by molar-refractivity contribution is 7.14. The first-order valence-corrected chi connectivity index (χ1v) is 14.8. The Morgan fingerprint density at radius 2 is 1.06 bits per heavy atom. The van der Waals surface area contributed by atoms with Gasteiger partial charge in [-0.05, 0) is 71.8 Å². The first kappa shape index (κ1) is 28.1. The van der Waals surface area contributed by atoms with Crippen LogP contribution >= 0.6 is 22.7 Å². The first-order valence-electron chi connectivity index (χ1n) is 13.0. The largest absolute Gasteiger partial charge is 0.465 e. The lowest BCUT2D eigenvalue weighted by molar-refractivity contribution is 0.0588. The predicted molar refractivity (Wildman–Crippen MR) is 151 cm³/mol.